The molecular weight excluding hydrogens is 324 g/mol. The maximum Gasteiger partial charge on any atom is 0.286 e. The van der Waals surface area contributed by atoms with Gasteiger partial charge in [-0.1, -0.05) is 12.1 Å². The molecule has 0 fully saturated rings. The van der Waals surface area contributed by atoms with Crippen LogP contribution in [0.5, 0.6) is 11.5 Å². The van der Waals surface area contributed by atoms with Gasteiger partial charge in [-0.05, 0) is 36.4 Å². The van der Waals surface area contributed by atoms with E-state index >= 15 is 0 Å². The Labute approximate surface area is 143 Å². The van der Waals surface area contributed by atoms with Gasteiger partial charge in [0.05, 0.1) is 7.11 Å². The fourth-order valence-electron chi connectivity index (χ4n) is 2.34. The van der Waals surface area contributed by atoms with Gasteiger partial charge >= 0.3 is 0 Å². The van der Waals surface area contributed by atoms with Crippen LogP contribution in [-0.4, -0.2) is 25.5 Å². The number of methoxy groups -OCH3 is 1. The minimum atomic E-state index is -0.762. The minimum Gasteiger partial charge on any atom is -0.497 e. The molecule has 0 unspecified atom stereocenters. The molecule has 25 heavy (non-hydrogen) atoms. The number of carbonyl (C=O) groups is 2. The van der Waals surface area contributed by atoms with Crippen LogP contribution in [0.15, 0.2) is 52.9 Å². The van der Waals surface area contributed by atoms with E-state index in [1.165, 1.54) is 0 Å². The molecule has 0 bridgehead atoms. The van der Waals surface area contributed by atoms with Crippen molar-refractivity contribution in [2.75, 3.05) is 19.0 Å². The lowest BCUT2D eigenvalue weighted by atomic mass is 10.2. The molecular formula is C18H16N2O5. The van der Waals surface area contributed by atoms with Crippen molar-refractivity contribution in [3.8, 4) is 11.5 Å². The maximum atomic E-state index is 12.2. The Morgan fingerprint density at radius 1 is 1.08 bits per heavy atom. The van der Waals surface area contributed by atoms with E-state index < -0.39 is 11.8 Å². The second-order valence-corrected chi connectivity index (χ2v) is 5.18. The normalized spacial score (nSPS) is 10.4. The van der Waals surface area contributed by atoms with Gasteiger partial charge in [0.15, 0.2) is 6.61 Å². The molecule has 0 aliphatic heterocycles. The monoisotopic (exact) mass is 340 g/mol. The highest BCUT2D eigenvalue weighted by Gasteiger charge is 2.20. The lowest BCUT2D eigenvalue weighted by Crippen LogP contribution is -2.22. The zero-order chi connectivity index (χ0) is 17.8. The highest BCUT2D eigenvalue weighted by atomic mass is 16.5. The van der Waals surface area contributed by atoms with Crippen molar-refractivity contribution < 1.29 is 23.5 Å². The molecule has 0 atom stereocenters. The van der Waals surface area contributed by atoms with Crippen LogP contribution in [0.25, 0.3) is 11.0 Å². The van der Waals surface area contributed by atoms with E-state index in [1.54, 1.807) is 55.6 Å². The van der Waals surface area contributed by atoms with E-state index in [4.69, 9.17) is 19.6 Å². The highest BCUT2D eigenvalue weighted by Crippen LogP contribution is 2.30. The number of ether oxygens (including phenoxy) is 2. The van der Waals surface area contributed by atoms with Gasteiger partial charge in [0.1, 0.15) is 22.8 Å². The zero-order valence-electron chi connectivity index (χ0n) is 13.4. The third kappa shape index (κ3) is 3.55. The van der Waals surface area contributed by atoms with Crippen molar-refractivity contribution in [1.82, 2.24) is 0 Å². The third-order valence-electron chi connectivity index (χ3n) is 3.51. The molecule has 3 aromatic rings. The number of rotatable bonds is 6. The van der Waals surface area contributed by atoms with Crippen LogP contribution in [0.3, 0.4) is 0 Å². The summed E-state index contributed by atoms with van der Waals surface area (Å²) in [4.78, 5) is 23.7. The number of anilines is 1. The molecule has 0 spiro atoms. The van der Waals surface area contributed by atoms with Gasteiger partial charge in [0.25, 0.3) is 11.8 Å². The predicted octanol–water partition coefficient (Wildman–Crippen LogP) is 2.56. The number of nitrogens with one attached hydrogen (secondary N) is 1. The Balaban J connectivity index is 1.73. The van der Waals surface area contributed by atoms with Crippen molar-refractivity contribution in [1.29, 1.82) is 0 Å². The molecule has 3 N–H and O–H groups in total. The standard InChI is InChI=1S/C18H16N2O5/c1-23-11-6-8-12(9-7-11)24-10-15(21)20-16-13-4-2-3-5-14(13)25-17(16)18(19)22/h2-9H,10H2,1H3,(H2,19,22)(H,20,21). The fourth-order valence-corrected chi connectivity index (χ4v) is 2.34. The Kier molecular flexibility index (Phi) is 4.56. The second kappa shape index (κ2) is 6.96. The van der Waals surface area contributed by atoms with Crippen molar-refractivity contribution in [2.45, 2.75) is 0 Å². The van der Waals surface area contributed by atoms with Crippen molar-refractivity contribution >= 4 is 28.5 Å². The molecule has 2 aromatic carbocycles. The smallest absolute Gasteiger partial charge is 0.286 e. The number of primary amides is 1. The molecule has 1 aromatic heterocycles. The van der Waals surface area contributed by atoms with Crippen LogP contribution in [0.1, 0.15) is 10.6 Å². The lowest BCUT2D eigenvalue weighted by Gasteiger charge is -2.08. The van der Waals surface area contributed by atoms with Crippen LogP contribution in [-0.2, 0) is 4.79 Å². The summed E-state index contributed by atoms with van der Waals surface area (Å²) in [6.45, 7) is -0.232. The molecule has 0 aliphatic rings. The fraction of sp³-hybridized carbons (Fsp3) is 0.111. The van der Waals surface area contributed by atoms with Crippen molar-refractivity contribution in [3.05, 3.63) is 54.3 Å². The average molecular weight is 340 g/mol. The van der Waals surface area contributed by atoms with E-state index in [9.17, 15) is 9.59 Å². The first-order valence-corrected chi connectivity index (χ1v) is 7.46. The van der Waals surface area contributed by atoms with Gasteiger partial charge in [0, 0.05) is 5.39 Å². The van der Waals surface area contributed by atoms with Crippen LogP contribution in [0, 0.1) is 0 Å². The molecule has 7 nitrogen and oxygen atoms in total. The van der Waals surface area contributed by atoms with Crippen LogP contribution in [0.4, 0.5) is 5.69 Å². The molecule has 0 saturated carbocycles. The number of furan rings is 1. The number of nitrogens with two attached hydrogens (primary N) is 1. The summed E-state index contributed by atoms with van der Waals surface area (Å²) in [6.07, 6.45) is 0. The van der Waals surface area contributed by atoms with Gasteiger partial charge in [0.2, 0.25) is 5.76 Å². The van der Waals surface area contributed by atoms with Crippen LogP contribution in [0.2, 0.25) is 0 Å². The minimum absolute atomic E-state index is 0.0982. The van der Waals surface area contributed by atoms with E-state index in [2.05, 4.69) is 5.32 Å². The summed E-state index contributed by atoms with van der Waals surface area (Å²) in [7, 11) is 1.56. The Hall–Kier alpha value is -3.48. The van der Waals surface area contributed by atoms with Crippen molar-refractivity contribution in [3.63, 3.8) is 0 Å². The summed E-state index contributed by atoms with van der Waals surface area (Å²) < 4.78 is 15.9. The molecule has 2 amide bonds. The Morgan fingerprint density at radius 2 is 1.76 bits per heavy atom. The number of benzene rings is 2. The van der Waals surface area contributed by atoms with Crippen molar-refractivity contribution in [2.24, 2.45) is 5.73 Å². The molecule has 0 aliphatic carbocycles. The second-order valence-electron chi connectivity index (χ2n) is 5.18. The summed E-state index contributed by atoms with van der Waals surface area (Å²) >= 11 is 0. The van der Waals surface area contributed by atoms with E-state index in [0.29, 0.717) is 22.5 Å². The quantitative estimate of drug-likeness (QED) is 0.718. The third-order valence-corrected chi connectivity index (χ3v) is 3.51. The Morgan fingerprint density at radius 3 is 2.44 bits per heavy atom. The lowest BCUT2D eigenvalue weighted by molar-refractivity contribution is -0.118. The highest BCUT2D eigenvalue weighted by molar-refractivity contribution is 6.10. The van der Waals surface area contributed by atoms with Gasteiger partial charge in [-0.2, -0.15) is 0 Å². The molecule has 1 heterocycles. The largest absolute Gasteiger partial charge is 0.497 e. The number of hydrogen-bond donors (Lipinski definition) is 2. The van der Waals surface area contributed by atoms with Crippen LogP contribution < -0.4 is 20.5 Å². The number of hydrogen-bond acceptors (Lipinski definition) is 5. The zero-order valence-corrected chi connectivity index (χ0v) is 13.4. The van der Waals surface area contributed by atoms with E-state index in [1.807, 2.05) is 0 Å². The maximum absolute atomic E-state index is 12.2. The van der Waals surface area contributed by atoms with Gasteiger partial charge < -0.3 is 24.9 Å². The summed E-state index contributed by atoms with van der Waals surface area (Å²) in [6, 6.07) is 13.8. The van der Waals surface area contributed by atoms with E-state index in [0.717, 1.165) is 0 Å². The molecule has 128 valence electrons. The first-order chi connectivity index (χ1) is 12.1. The van der Waals surface area contributed by atoms with Gasteiger partial charge in [-0.3, -0.25) is 9.59 Å². The van der Waals surface area contributed by atoms with E-state index in [-0.39, 0.29) is 18.1 Å². The molecule has 0 radical (unpaired) electrons. The summed E-state index contributed by atoms with van der Waals surface area (Å²) in [5.41, 5.74) is 6.02. The van der Waals surface area contributed by atoms with Crippen LogP contribution >= 0.6 is 0 Å². The molecule has 3 rings (SSSR count). The number of fused-ring (bicyclic) bond motifs is 1. The first-order valence-electron chi connectivity index (χ1n) is 7.46. The summed E-state index contributed by atoms with van der Waals surface area (Å²) in [5, 5.41) is 3.22. The van der Waals surface area contributed by atoms with Gasteiger partial charge in [-0.15, -0.1) is 0 Å². The van der Waals surface area contributed by atoms with Gasteiger partial charge in [-0.25, -0.2) is 0 Å². The molecule has 0 saturated heterocycles. The number of carbonyl (C=O) groups excluding carboxylic acids is 2. The first kappa shape index (κ1) is 16.4. The number of amides is 2. The SMILES string of the molecule is COc1ccc(OCC(=O)Nc2c(C(N)=O)oc3ccccc23)cc1. The average Bonchev–Trinajstić information content (AvgIpc) is 2.99. The topological polar surface area (TPSA) is 104 Å². The summed E-state index contributed by atoms with van der Waals surface area (Å²) in [5.74, 6) is -0.0951. The predicted molar refractivity (Wildman–Crippen MR) is 91.9 cm³/mol. The Bertz CT molecular complexity index is 915. The molecule has 7 heteroatoms. The number of para-hydroxylation sites is 1.